The third kappa shape index (κ3) is 1.94. The summed E-state index contributed by atoms with van der Waals surface area (Å²) in [7, 11) is 2.00. The summed E-state index contributed by atoms with van der Waals surface area (Å²) in [5.41, 5.74) is 0. The molecule has 0 bridgehead atoms. The molecule has 0 aliphatic heterocycles. The second-order valence-electron chi connectivity index (χ2n) is 1.54. The maximum atomic E-state index is 2.00. The minimum Gasteiger partial charge on any atom is -1.00 e. The summed E-state index contributed by atoms with van der Waals surface area (Å²) in [4.78, 5) is 0. The molecule has 2 heteroatoms. The van der Waals surface area contributed by atoms with Gasteiger partial charge in [0.25, 0.3) is 0 Å². The number of aromatic nitrogens is 1. The van der Waals surface area contributed by atoms with Crippen molar-refractivity contribution in [3.8, 4) is 0 Å². The van der Waals surface area contributed by atoms with Gasteiger partial charge in [-0.25, -0.2) is 4.57 Å². The van der Waals surface area contributed by atoms with Crippen LogP contribution in [-0.2, 0) is 7.05 Å². The topological polar surface area (TPSA) is 3.88 Å². The lowest BCUT2D eigenvalue weighted by atomic mass is 10.5. The largest absolute Gasteiger partial charge is 1.00 e. The minimum atomic E-state index is 0. The fourth-order valence-electron chi connectivity index (χ4n) is 0.485. The molecule has 0 aliphatic carbocycles. The number of aryl methyl sites for hydroxylation is 1. The Morgan fingerprint density at radius 3 is 1.75 bits per heavy atom. The van der Waals surface area contributed by atoms with Gasteiger partial charge in [0, 0.05) is 12.1 Å². The Labute approximate surface area is 55.4 Å². The first kappa shape index (κ1) is 7.44. The van der Waals surface area contributed by atoms with Crippen LogP contribution in [0.3, 0.4) is 0 Å². The van der Waals surface area contributed by atoms with Crippen molar-refractivity contribution >= 4 is 0 Å². The zero-order chi connectivity index (χ0) is 5.11. The highest BCUT2D eigenvalue weighted by Crippen LogP contribution is 1.71. The summed E-state index contributed by atoms with van der Waals surface area (Å²) in [5.74, 6) is 0. The normalized spacial score (nSPS) is 7.62. The van der Waals surface area contributed by atoms with E-state index in [9.17, 15) is 0 Å². The quantitative estimate of drug-likeness (QED) is 0.342. The zero-order valence-electron chi connectivity index (χ0n) is 4.71. The lowest BCUT2D eigenvalue weighted by Gasteiger charge is -1.77. The van der Waals surface area contributed by atoms with Crippen LogP contribution in [0.5, 0.6) is 0 Å². The van der Waals surface area contributed by atoms with Crippen molar-refractivity contribution in [2.45, 2.75) is 0 Å². The number of pyridine rings is 1. The maximum absolute atomic E-state index is 2.00. The van der Waals surface area contributed by atoms with Gasteiger partial charge >= 0.3 is 0 Å². The minimum absolute atomic E-state index is 0. The molecule has 1 heterocycles. The fraction of sp³-hybridized carbons (Fsp3) is 0.167. The predicted octanol–water partition coefficient (Wildman–Crippen LogP) is -2.48. The second kappa shape index (κ2) is 3.44. The Morgan fingerprint density at radius 1 is 1.00 bits per heavy atom. The smallest absolute Gasteiger partial charge is 0.168 e. The lowest BCUT2D eigenvalue weighted by Crippen LogP contribution is -3.00. The van der Waals surface area contributed by atoms with E-state index in [4.69, 9.17) is 0 Å². The molecule has 1 rings (SSSR count). The van der Waals surface area contributed by atoms with Gasteiger partial charge in [-0.05, 0) is 0 Å². The summed E-state index contributed by atoms with van der Waals surface area (Å²) in [6.07, 6.45) is 4.00. The second-order valence-corrected chi connectivity index (χ2v) is 1.54. The summed E-state index contributed by atoms with van der Waals surface area (Å²) in [6.45, 7) is 0. The van der Waals surface area contributed by atoms with Crippen molar-refractivity contribution in [1.82, 2.24) is 0 Å². The van der Waals surface area contributed by atoms with E-state index in [0.29, 0.717) is 0 Å². The molecule has 44 valence electrons. The molecule has 0 spiro atoms. The van der Waals surface area contributed by atoms with Gasteiger partial charge in [-0.2, -0.15) is 0 Å². The molecule has 0 N–H and O–H groups in total. The molecule has 0 fully saturated rings. The van der Waals surface area contributed by atoms with Gasteiger partial charge in [0.15, 0.2) is 12.4 Å². The Morgan fingerprint density at radius 2 is 1.50 bits per heavy atom. The molecule has 0 aliphatic rings. The summed E-state index contributed by atoms with van der Waals surface area (Å²) in [6, 6.07) is 6.00. The van der Waals surface area contributed by atoms with Crippen molar-refractivity contribution in [1.29, 1.82) is 0 Å². The Bertz CT molecular complexity index is 138. The van der Waals surface area contributed by atoms with Crippen LogP contribution in [0.4, 0.5) is 0 Å². The fourth-order valence-corrected chi connectivity index (χ4v) is 0.485. The van der Waals surface area contributed by atoms with E-state index in [1.165, 1.54) is 0 Å². The van der Waals surface area contributed by atoms with E-state index in [-0.39, 0.29) is 12.4 Å². The van der Waals surface area contributed by atoms with Crippen molar-refractivity contribution in [3.05, 3.63) is 30.6 Å². The first-order valence-electron chi connectivity index (χ1n) is 2.30. The number of hydrogen-bond acceptors (Lipinski definition) is 0. The molecule has 0 saturated heterocycles. The SMILES string of the molecule is C[n+]1ccccc1.[Cl-]. The van der Waals surface area contributed by atoms with Gasteiger partial charge < -0.3 is 12.4 Å². The third-order valence-electron chi connectivity index (χ3n) is 0.865. The number of rotatable bonds is 0. The average Bonchev–Trinajstić information content (AvgIpc) is 1.69. The molecular weight excluding hydrogens is 122 g/mol. The summed E-state index contributed by atoms with van der Waals surface area (Å²) in [5, 5.41) is 0. The Hall–Kier alpha value is -0.560. The van der Waals surface area contributed by atoms with Gasteiger partial charge in [-0.15, -0.1) is 0 Å². The van der Waals surface area contributed by atoms with E-state index in [1.807, 2.05) is 42.2 Å². The molecule has 0 aromatic carbocycles. The molecule has 1 aromatic heterocycles. The van der Waals surface area contributed by atoms with Gasteiger partial charge in [0.1, 0.15) is 7.05 Å². The molecule has 8 heavy (non-hydrogen) atoms. The highest BCUT2D eigenvalue weighted by Gasteiger charge is 1.78. The monoisotopic (exact) mass is 129 g/mol. The maximum Gasteiger partial charge on any atom is 0.168 e. The van der Waals surface area contributed by atoms with Crippen LogP contribution in [0.1, 0.15) is 0 Å². The van der Waals surface area contributed by atoms with Crippen LogP contribution >= 0.6 is 0 Å². The Balaban J connectivity index is 0.000000490. The van der Waals surface area contributed by atoms with E-state index in [1.54, 1.807) is 0 Å². The van der Waals surface area contributed by atoms with Crippen LogP contribution in [0.15, 0.2) is 30.6 Å². The first-order valence-corrected chi connectivity index (χ1v) is 2.30. The number of nitrogens with zero attached hydrogens (tertiary/aromatic N) is 1. The zero-order valence-corrected chi connectivity index (χ0v) is 5.47. The lowest BCUT2D eigenvalue weighted by molar-refractivity contribution is -0.671. The molecule has 0 amide bonds. The molecule has 1 aromatic rings. The van der Waals surface area contributed by atoms with Crippen molar-refractivity contribution in [2.24, 2.45) is 7.05 Å². The van der Waals surface area contributed by atoms with Crippen LogP contribution in [0, 0.1) is 0 Å². The number of hydrogen-bond donors (Lipinski definition) is 0. The highest BCUT2D eigenvalue weighted by molar-refractivity contribution is 4.83. The van der Waals surface area contributed by atoms with Gasteiger partial charge in [0.2, 0.25) is 0 Å². The van der Waals surface area contributed by atoms with Crippen LogP contribution in [-0.4, -0.2) is 0 Å². The van der Waals surface area contributed by atoms with E-state index in [2.05, 4.69) is 0 Å². The van der Waals surface area contributed by atoms with Crippen molar-refractivity contribution < 1.29 is 17.0 Å². The van der Waals surface area contributed by atoms with Crippen LogP contribution in [0.2, 0.25) is 0 Å². The molecule has 0 saturated carbocycles. The standard InChI is InChI=1S/C6H8N.ClH/c1-7-5-3-2-4-6-7;/h2-6H,1H3;1H/q+1;/p-1. The van der Waals surface area contributed by atoms with Crippen LogP contribution in [0.25, 0.3) is 0 Å². The first-order chi connectivity index (χ1) is 3.39. The highest BCUT2D eigenvalue weighted by atomic mass is 35.5. The van der Waals surface area contributed by atoms with Gasteiger partial charge in [-0.1, -0.05) is 6.07 Å². The van der Waals surface area contributed by atoms with Crippen molar-refractivity contribution in [3.63, 3.8) is 0 Å². The van der Waals surface area contributed by atoms with Gasteiger partial charge in [-0.3, -0.25) is 0 Å². The van der Waals surface area contributed by atoms with E-state index < -0.39 is 0 Å². The number of halogens is 1. The summed E-state index contributed by atoms with van der Waals surface area (Å²) >= 11 is 0. The van der Waals surface area contributed by atoms with Crippen LogP contribution < -0.4 is 17.0 Å². The molecule has 0 radical (unpaired) electrons. The Kier molecular flexibility index (Phi) is 3.20. The average molecular weight is 130 g/mol. The van der Waals surface area contributed by atoms with Crippen molar-refractivity contribution in [2.75, 3.05) is 0 Å². The molecule has 0 unspecified atom stereocenters. The summed E-state index contributed by atoms with van der Waals surface area (Å²) < 4.78 is 2.00. The molecule has 1 nitrogen and oxygen atoms in total. The molecule has 0 atom stereocenters. The predicted molar refractivity (Wildman–Crippen MR) is 27.6 cm³/mol. The van der Waals surface area contributed by atoms with E-state index >= 15 is 0 Å². The molecular formula is C6H8ClN. The van der Waals surface area contributed by atoms with Gasteiger partial charge in [0.05, 0.1) is 0 Å². The third-order valence-corrected chi connectivity index (χ3v) is 0.865. The van der Waals surface area contributed by atoms with E-state index in [0.717, 1.165) is 0 Å².